The molecule has 164 valence electrons. The van der Waals surface area contributed by atoms with Gasteiger partial charge in [0.25, 0.3) is 14.1 Å². The van der Waals surface area contributed by atoms with Gasteiger partial charge in [0.15, 0.2) is 5.60 Å². The van der Waals surface area contributed by atoms with Gasteiger partial charge in [-0.15, -0.1) is 0 Å². The molecule has 6 heteroatoms. The number of carbonyl (C=O) groups is 2. The minimum Gasteiger partial charge on any atom is -0.418 e. The fourth-order valence-corrected chi connectivity index (χ4v) is 6.25. The molecule has 3 rings (SSSR count). The smallest absolute Gasteiger partial charge is 0.306 e. The summed E-state index contributed by atoms with van der Waals surface area (Å²) >= 11 is 0. The van der Waals surface area contributed by atoms with Crippen LogP contribution in [0.15, 0.2) is 60.7 Å². The van der Waals surface area contributed by atoms with Gasteiger partial charge < -0.3 is 13.9 Å². The molecule has 1 aliphatic heterocycles. The highest BCUT2D eigenvalue weighted by atomic mass is 28.4. The first kappa shape index (κ1) is 23.3. The highest BCUT2D eigenvalue weighted by Gasteiger charge is 2.62. The summed E-state index contributed by atoms with van der Waals surface area (Å²) in [5.74, 6) is 6.57. The fourth-order valence-electron chi connectivity index (χ4n) is 3.65. The molecule has 2 atom stereocenters. The van der Waals surface area contributed by atoms with Crippen LogP contribution in [0.3, 0.4) is 0 Å². The third-order valence-electron chi connectivity index (χ3n) is 5.17. The standard InChI is InChI=1S/C26H26O5Si/c1-21(27)29-26(30-22(2)28)18-20-32(4,19-16-24-13-9-6-10-14-24)31-25(26,3)17-15-23-11-7-5-8-12-23/h5-14H,18,20H2,1-4H3. The fraction of sp³-hybridized carbons (Fsp3) is 0.308. The van der Waals surface area contributed by atoms with Crippen molar-refractivity contribution >= 4 is 20.3 Å². The van der Waals surface area contributed by atoms with Crippen LogP contribution in [0, 0.1) is 23.3 Å². The minimum atomic E-state index is -2.63. The number of hydrogen-bond donors (Lipinski definition) is 0. The second kappa shape index (κ2) is 9.44. The first-order valence-electron chi connectivity index (χ1n) is 10.4. The Balaban J connectivity index is 2.06. The molecule has 2 aromatic rings. The quantitative estimate of drug-likeness (QED) is 0.299. The van der Waals surface area contributed by atoms with Crippen molar-refractivity contribution in [2.24, 2.45) is 0 Å². The second-order valence-corrected chi connectivity index (χ2v) is 11.5. The first-order valence-corrected chi connectivity index (χ1v) is 13.0. The topological polar surface area (TPSA) is 61.8 Å². The number of ether oxygens (including phenoxy) is 2. The zero-order valence-electron chi connectivity index (χ0n) is 18.7. The van der Waals surface area contributed by atoms with Crippen LogP contribution in [0.5, 0.6) is 0 Å². The Labute approximate surface area is 190 Å². The molecule has 2 unspecified atom stereocenters. The molecule has 5 nitrogen and oxygen atoms in total. The third kappa shape index (κ3) is 5.48. The highest BCUT2D eigenvalue weighted by molar-refractivity contribution is 6.80. The van der Waals surface area contributed by atoms with Gasteiger partial charge in [0, 0.05) is 31.4 Å². The maximum absolute atomic E-state index is 12.0. The van der Waals surface area contributed by atoms with E-state index in [4.69, 9.17) is 13.9 Å². The summed E-state index contributed by atoms with van der Waals surface area (Å²) in [6, 6.07) is 19.6. The van der Waals surface area contributed by atoms with E-state index in [-0.39, 0.29) is 6.42 Å². The third-order valence-corrected chi connectivity index (χ3v) is 7.89. The number of rotatable bonds is 2. The van der Waals surface area contributed by atoms with Crippen molar-refractivity contribution in [3.63, 3.8) is 0 Å². The van der Waals surface area contributed by atoms with Crippen LogP contribution in [-0.4, -0.2) is 31.6 Å². The van der Waals surface area contributed by atoms with Gasteiger partial charge in [0.05, 0.1) is 0 Å². The van der Waals surface area contributed by atoms with Gasteiger partial charge in [-0.3, -0.25) is 9.59 Å². The lowest BCUT2D eigenvalue weighted by Crippen LogP contribution is -2.66. The average Bonchev–Trinajstić information content (AvgIpc) is 2.75. The van der Waals surface area contributed by atoms with Crippen LogP contribution in [0.1, 0.15) is 38.3 Å². The molecule has 1 heterocycles. The van der Waals surface area contributed by atoms with Crippen molar-refractivity contribution in [1.82, 2.24) is 0 Å². The molecule has 32 heavy (non-hydrogen) atoms. The van der Waals surface area contributed by atoms with E-state index in [1.165, 1.54) is 13.8 Å². The van der Waals surface area contributed by atoms with Gasteiger partial charge >= 0.3 is 11.9 Å². The van der Waals surface area contributed by atoms with E-state index >= 15 is 0 Å². The predicted octanol–water partition coefficient (Wildman–Crippen LogP) is 4.21. The molecule has 0 aliphatic carbocycles. The summed E-state index contributed by atoms with van der Waals surface area (Å²) in [4.78, 5) is 24.0. The molecular weight excluding hydrogens is 420 g/mol. The normalized spacial score (nSPS) is 23.5. The van der Waals surface area contributed by atoms with Crippen LogP contribution < -0.4 is 0 Å². The molecule has 0 aromatic heterocycles. The van der Waals surface area contributed by atoms with E-state index < -0.39 is 31.6 Å². The summed E-state index contributed by atoms with van der Waals surface area (Å²) in [5, 5.41) is 0. The number of esters is 2. The molecule has 1 saturated heterocycles. The van der Waals surface area contributed by atoms with Gasteiger partial charge in [-0.25, -0.2) is 0 Å². The number of hydrogen-bond acceptors (Lipinski definition) is 5. The Morgan fingerprint density at radius 2 is 1.41 bits per heavy atom. The highest BCUT2D eigenvalue weighted by Crippen LogP contribution is 2.44. The molecule has 0 radical (unpaired) electrons. The van der Waals surface area contributed by atoms with Crippen molar-refractivity contribution in [1.29, 1.82) is 0 Å². The number of benzene rings is 2. The maximum atomic E-state index is 12.0. The Morgan fingerprint density at radius 1 is 0.906 bits per heavy atom. The molecule has 0 amide bonds. The average molecular weight is 447 g/mol. The van der Waals surface area contributed by atoms with Crippen LogP contribution >= 0.6 is 0 Å². The Kier molecular flexibility index (Phi) is 6.89. The summed E-state index contributed by atoms with van der Waals surface area (Å²) < 4.78 is 17.8. The minimum absolute atomic E-state index is 0.248. The van der Waals surface area contributed by atoms with Crippen LogP contribution in [0.25, 0.3) is 0 Å². The van der Waals surface area contributed by atoms with Crippen LogP contribution in [-0.2, 0) is 23.5 Å². The van der Waals surface area contributed by atoms with E-state index in [1.807, 2.05) is 67.2 Å². The maximum Gasteiger partial charge on any atom is 0.306 e. The molecular formula is C26H26O5Si. The Morgan fingerprint density at radius 3 is 1.91 bits per heavy atom. The van der Waals surface area contributed by atoms with Gasteiger partial charge in [-0.05, 0) is 43.8 Å². The summed E-state index contributed by atoms with van der Waals surface area (Å²) in [6.07, 6.45) is 0.248. The monoisotopic (exact) mass is 446 g/mol. The van der Waals surface area contributed by atoms with Crippen molar-refractivity contribution in [3.8, 4) is 23.3 Å². The van der Waals surface area contributed by atoms with Crippen LogP contribution in [0.2, 0.25) is 12.6 Å². The first-order chi connectivity index (χ1) is 15.2. The molecule has 1 aliphatic rings. The largest absolute Gasteiger partial charge is 0.418 e. The predicted molar refractivity (Wildman–Crippen MR) is 123 cm³/mol. The lowest BCUT2D eigenvalue weighted by molar-refractivity contribution is -0.276. The van der Waals surface area contributed by atoms with E-state index in [9.17, 15) is 9.59 Å². The molecule has 0 bridgehead atoms. The molecule has 0 spiro atoms. The Hall–Kier alpha value is -3.32. The molecule has 0 saturated carbocycles. The van der Waals surface area contributed by atoms with Crippen molar-refractivity contribution < 1.29 is 23.5 Å². The SMILES string of the molecule is CC(=O)OC1(OC(C)=O)CC[Si](C)(C#Cc2ccccc2)OC1(C)C#Cc1ccccc1. The lowest BCUT2D eigenvalue weighted by Gasteiger charge is -2.50. The Bertz CT molecular complexity index is 1090. The van der Waals surface area contributed by atoms with E-state index in [2.05, 4.69) is 23.3 Å². The van der Waals surface area contributed by atoms with Crippen LogP contribution in [0.4, 0.5) is 0 Å². The number of carbonyl (C=O) groups excluding carboxylic acids is 2. The second-order valence-electron chi connectivity index (χ2n) is 8.04. The van der Waals surface area contributed by atoms with E-state index in [0.717, 1.165) is 11.1 Å². The van der Waals surface area contributed by atoms with Gasteiger partial charge in [0.2, 0.25) is 0 Å². The molecule has 2 aromatic carbocycles. The van der Waals surface area contributed by atoms with E-state index in [0.29, 0.717) is 6.04 Å². The summed E-state index contributed by atoms with van der Waals surface area (Å²) in [7, 11) is -2.63. The summed E-state index contributed by atoms with van der Waals surface area (Å²) in [6.45, 7) is 6.24. The zero-order valence-corrected chi connectivity index (χ0v) is 19.7. The van der Waals surface area contributed by atoms with Gasteiger partial charge in [-0.1, -0.05) is 59.7 Å². The molecule has 0 N–H and O–H groups in total. The summed E-state index contributed by atoms with van der Waals surface area (Å²) in [5.41, 5.74) is 3.58. The van der Waals surface area contributed by atoms with Gasteiger partial charge in [0.1, 0.15) is 0 Å². The zero-order chi connectivity index (χ0) is 23.2. The van der Waals surface area contributed by atoms with E-state index in [1.54, 1.807) is 6.92 Å². The van der Waals surface area contributed by atoms with Crippen molar-refractivity contribution in [2.75, 3.05) is 0 Å². The molecule has 1 fully saturated rings. The van der Waals surface area contributed by atoms with Crippen molar-refractivity contribution in [3.05, 3.63) is 71.8 Å². The lowest BCUT2D eigenvalue weighted by atomic mass is 9.92. The van der Waals surface area contributed by atoms with Crippen molar-refractivity contribution in [2.45, 2.75) is 51.2 Å². The van der Waals surface area contributed by atoms with Gasteiger partial charge in [-0.2, -0.15) is 0 Å².